The van der Waals surface area contributed by atoms with Crippen LogP contribution in [0.4, 0.5) is 5.69 Å². The smallest absolute Gasteiger partial charge is 0.243 e. The fraction of sp³-hybridized carbons (Fsp3) is 0.675. The molecule has 51 heavy (non-hydrogen) atoms. The van der Waals surface area contributed by atoms with E-state index in [2.05, 4.69) is 30.1 Å². The second-order valence-electron chi connectivity index (χ2n) is 16.2. The highest BCUT2D eigenvalue weighted by molar-refractivity contribution is 7.89. The minimum absolute atomic E-state index is 0.0292. The van der Waals surface area contributed by atoms with Crippen molar-refractivity contribution in [2.24, 2.45) is 11.3 Å². The largest absolute Gasteiger partial charge is 0.484 e. The summed E-state index contributed by atoms with van der Waals surface area (Å²) in [6.45, 7) is 13.6. The minimum atomic E-state index is -3.84. The molecule has 11 heteroatoms. The van der Waals surface area contributed by atoms with E-state index in [1.165, 1.54) is 0 Å². The second-order valence-corrected chi connectivity index (χ2v) is 18.1. The number of nitrogens with one attached hydrogen (secondary N) is 1. The number of fused-ring (bicyclic) bond motifs is 1. The zero-order valence-electron chi connectivity index (χ0n) is 31.9. The van der Waals surface area contributed by atoms with Gasteiger partial charge in [0.15, 0.2) is 0 Å². The number of rotatable bonds is 15. The average molecular weight is 728 g/mol. The van der Waals surface area contributed by atoms with Gasteiger partial charge >= 0.3 is 0 Å². The van der Waals surface area contributed by atoms with Gasteiger partial charge in [0, 0.05) is 51.9 Å². The summed E-state index contributed by atoms with van der Waals surface area (Å²) in [6, 6.07) is 12.9. The maximum atomic E-state index is 14.3. The number of nitrogens with zero attached hydrogens (tertiary/aromatic N) is 2. The van der Waals surface area contributed by atoms with Crippen molar-refractivity contribution in [1.82, 2.24) is 9.62 Å². The third-order valence-electron chi connectivity index (χ3n) is 10.9. The Morgan fingerprint density at radius 1 is 1.00 bits per heavy atom. The third-order valence-corrected chi connectivity index (χ3v) is 12.8. The first-order chi connectivity index (χ1) is 24.2. The molecular weight excluding hydrogens is 667 g/mol. The molecule has 2 aromatic rings. The third kappa shape index (κ3) is 10.3. The Bertz CT molecular complexity index is 1550. The van der Waals surface area contributed by atoms with Gasteiger partial charge in [0.25, 0.3) is 0 Å². The van der Waals surface area contributed by atoms with E-state index in [1.54, 1.807) is 30.7 Å². The molecule has 10 nitrogen and oxygen atoms in total. The molecule has 0 bridgehead atoms. The van der Waals surface area contributed by atoms with Crippen LogP contribution in [0, 0.1) is 18.3 Å². The highest BCUT2D eigenvalue weighted by Gasteiger charge is 2.42. The summed E-state index contributed by atoms with van der Waals surface area (Å²) in [5, 5.41) is 3.21. The van der Waals surface area contributed by atoms with E-state index in [1.807, 2.05) is 45.0 Å². The molecule has 2 aliphatic heterocycles. The molecule has 0 spiro atoms. The van der Waals surface area contributed by atoms with E-state index in [9.17, 15) is 13.2 Å². The summed E-state index contributed by atoms with van der Waals surface area (Å²) in [5.41, 5.74) is 1.99. The van der Waals surface area contributed by atoms with E-state index in [0.29, 0.717) is 51.0 Å². The molecule has 3 aliphatic rings. The van der Waals surface area contributed by atoms with Crippen molar-refractivity contribution in [3.8, 4) is 5.75 Å². The van der Waals surface area contributed by atoms with E-state index >= 15 is 0 Å². The first-order valence-corrected chi connectivity index (χ1v) is 20.2. The monoisotopic (exact) mass is 727 g/mol. The molecule has 2 aromatic carbocycles. The number of anilines is 1. The minimum Gasteiger partial charge on any atom is -0.484 e. The van der Waals surface area contributed by atoms with Crippen molar-refractivity contribution >= 4 is 21.6 Å². The van der Waals surface area contributed by atoms with Crippen molar-refractivity contribution in [2.75, 3.05) is 51.9 Å². The number of carbonyl (C=O) groups excluding carboxylic acids is 1. The van der Waals surface area contributed by atoms with Gasteiger partial charge in [0.05, 0.1) is 35.9 Å². The van der Waals surface area contributed by atoms with E-state index < -0.39 is 15.4 Å². The number of methoxy groups -OCH3 is 2. The van der Waals surface area contributed by atoms with Crippen molar-refractivity contribution in [3.05, 3.63) is 53.6 Å². The van der Waals surface area contributed by atoms with Gasteiger partial charge in [-0.1, -0.05) is 37.6 Å². The molecule has 2 fully saturated rings. The lowest BCUT2D eigenvalue weighted by Crippen LogP contribution is -2.52. The Morgan fingerprint density at radius 2 is 1.71 bits per heavy atom. The number of sulfonamides is 1. The Labute approximate surface area is 306 Å². The summed E-state index contributed by atoms with van der Waals surface area (Å²) in [4.78, 5) is 16.2. The molecule has 1 saturated heterocycles. The molecule has 2 heterocycles. The lowest BCUT2D eigenvalue weighted by Gasteiger charge is -2.42. The maximum Gasteiger partial charge on any atom is 0.243 e. The summed E-state index contributed by atoms with van der Waals surface area (Å²) in [5.74, 6) is 1.27. The number of carbonyl (C=O) groups is 1. The molecule has 1 amide bonds. The standard InChI is InChI=1S/C40H61N3O7S/c1-29-9-18-35(19-10-29)51(45,46)43-26-34(17-14-32(43)24-39(2,3)38(44)41-25-30-11-15-33(48-7)16-12-30)49-27-31-13-20-37-36(23-31)42(21-8-22-47-6)28-40(4,5)50-37/h9-10,13,18-20,23,30,32-34H,8,11-12,14-17,21-22,24-28H2,1-7H3,(H,41,44)/t30?,32-,33?,34+/m0/s1. The van der Waals surface area contributed by atoms with Gasteiger partial charge in [-0.25, -0.2) is 8.42 Å². The van der Waals surface area contributed by atoms with Crippen LogP contribution in [0.5, 0.6) is 5.75 Å². The molecule has 284 valence electrons. The fourth-order valence-electron chi connectivity index (χ4n) is 7.85. The molecule has 1 N–H and O–H groups in total. The molecular formula is C40H61N3O7S. The van der Waals surface area contributed by atoms with Crippen LogP contribution in [-0.2, 0) is 35.6 Å². The van der Waals surface area contributed by atoms with E-state index in [-0.39, 0.29) is 35.1 Å². The molecule has 1 aliphatic carbocycles. The summed E-state index contributed by atoms with van der Waals surface area (Å²) >= 11 is 0. The molecule has 0 unspecified atom stereocenters. The highest BCUT2D eigenvalue weighted by Crippen LogP contribution is 2.39. The van der Waals surface area contributed by atoms with Crippen LogP contribution < -0.4 is 15.0 Å². The van der Waals surface area contributed by atoms with Crippen molar-refractivity contribution < 1.29 is 32.2 Å². The summed E-state index contributed by atoms with van der Waals surface area (Å²) < 4.78 is 53.7. The number of hydrogen-bond donors (Lipinski definition) is 1. The molecule has 1 saturated carbocycles. The summed E-state index contributed by atoms with van der Waals surface area (Å²) in [7, 11) is -0.355. The van der Waals surface area contributed by atoms with Gasteiger partial charge in [-0.05, 0) is 108 Å². The number of benzene rings is 2. The van der Waals surface area contributed by atoms with Gasteiger partial charge in [-0.15, -0.1) is 0 Å². The average Bonchev–Trinajstić information content (AvgIpc) is 3.10. The van der Waals surface area contributed by atoms with Crippen LogP contribution >= 0.6 is 0 Å². The topological polar surface area (TPSA) is 107 Å². The zero-order chi connectivity index (χ0) is 36.8. The SMILES string of the molecule is COCCCN1CC(C)(C)Oc2ccc(CO[C@@H]3CC[C@@H](CC(C)(C)C(=O)NCC4CCC(OC)CC4)N(S(=O)(=O)c4ccc(C)cc4)C3)cc21. The first-order valence-electron chi connectivity index (χ1n) is 18.8. The lowest BCUT2D eigenvalue weighted by molar-refractivity contribution is -0.130. The Morgan fingerprint density at radius 3 is 2.39 bits per heavy atom. The molecule has 5 rings (SSSR count). The maximum absolute atomic E-state index is 14.3. The Hall–Kier alpha value is -2.70. The normalized spacial score (nSPS) is 24.1. The van der Waals surface area contributed by atoms with Gasteiger partial charge in [-0.2, -0.15) is 4.31 Å². The number of ether oxygens (including phenoxy) is 4. The lowest BCUT2D eigenvalue weighted by atomic mass is 9.81. The van der Waals surface area contributed by atoms with Crippen molar-refractivity contribution in [1.29, 1.82) is 0 Å². The van der Waals surface area contributed by atoms with Gasteiger partial charge < -0.3 is 29.2 Å². The van der Waals surface area contributed by atoms with Crippen LogP contribution in [0.2, 0.25) is 0 Å². The summed E-state index contributed by atoms with van der Waals surface area (Å²) in [6.07, 6.45) is 6.79. The van der Waals surface area contributed by atoms with E-state index in [4.69, 9.17) is 18.9 Å². The molecule has 0 radical (unpaired) electrons. The number of amides is 1. The van der Waals surface area contributed by atoms with Crippen molar-refractivity contribution in [3.63, 3.8) is 0 Å². The Kier molecular flexibility index (Phi) is 13.1. The highest BCUT2D eigenvalue weighted by atomic mass is 32.2. The van der Waals surface area contributed by atoms with Gasteiger partial charge in [0.2, 0.25) is 15.9 Å². The fourth-order valence-corrected chi connectivity index (χ4v) is 9.53. The van der Waals surface area contributed by atoms with Gasteiger partial charge in [-0.3, -0.25) is 4.79 Å². The Balaban J connectivity index is 1.27. The van der Waals surface area contributed by atoms with Crippen LogP contribution in [0.3, 0.4) is 0 Å². The molecule has 2 atom stereocenters. The number of piperidine rings is 1. The van der Waals surface area contributed by atoms with Crippen LogP contribution in [0.25, 0.3) is 0 Å². The predicted octanol–water partition coefficient (Wildman–Crippen LogP) is 6.49. The zero-order valence-corrected chi connectivity index (χ0v) is 32.7. The van der Waals surface area contributed by atoms with Crippen LogP contribution in [0.15, 0.2) is 47.4 Å². The van der Waals surface area contributed by atoms with Crippen molar-refractivity contribution in [2.45, 2.75) is 121 Å². The predicted molar refractivity (Wildman–Crippen MR) is 201 cm³/mol. The quantitative estimate of drug-likeness (QED) is 0.208. The van der Waals surface area contributed by atoms with E-state index in [0.717, 1.165) is 67.8 Å². The van der Waals surface area contributed by atoms with Crippen LogP contribution in [-0.4, -0.2) is 89.5 Å². The number of hydrogen-bond acceptors (Lipinski definition) is 8. The second kappa shape index (κ2) is 17.0. The number of aryl methyl sites for hydroxylation is 1. The van der Waals surface area contributed by atoms with Crippen LogP contribution in [0.1, 0.15) is 90.2 Å². The van der Waals surface area contributed by atoms with Gasteiger partial charge in [0.1, 0.15) is 11.4 Å². The first kappa shape index (κ1) is 39.5. The molecule has 0 aromatic heterocycles.